The molecule has 146 valence electrons. The highest BCUT2D eigenvalue weighted by Gasteiger charge is 2.28. The number of methoxy groups -OCH3 is 1. The van der Waals surface area contributed by atoms with Gasteiger partial charge in [0.05, 0.1) is 13.2 Å². The van der Waals surface area contributed by atoms with Crippen LogP contribution in [0.15, 0.2) is 18.3 Å². The third-order valence-corrected chi connectivity index (χ3v) is 5.70. The Bertz CT molecular complexity index is 587. The summed E-state index contributed by atoms with van der Waals surface area (Å²) in [6, 6.07) is 4.67. The summed E-state index contributed by atoms with van der Waals surface area (Å²) in [5.74, 6) is 0.612. The van der Waals surface area contributed by atoms with E-state index in [0.29, 0.717) is 12.5 Å². The fourth-order valence-corrected chi connectivity index (χ4v) is 3.92. The molecule has 1 aliphatic heterocycles. The van der Waals surface area contributed by atoms with Crippen molar-refractivity contribution in [1.29, 1.82) is 0 Å². The SMILES string of the molecule is COC(=O)CCCCCNC(=S)N1CC[C@H](C)CC[C@@H]1c1cccn1C. The molecule has 0 unspecified atom stereocenters. The molecule has 1 aromatic rings. The Hall–Kier alpha value is -1.56. The molecule has 1 saturated heterocycles. The summed E-state index contributed by atoms with van der Waals surface area (Å²) in [6.45, 7) is 4.19. The number of thiocarbonyl (C=S) groups is 1. The average Bonchev–Trinajstić information content (AvgIpc) is 2.95. The Balaban J connectivity index is 1.85. The number of hydrogen-bond donors (Lipinski definition) is 1. The van der Waals surface area contributed by atoms with E-state index in [1.165, 1.54) is 25.6 Å². The van der Waals surface area contributed by atoms with Gasteiger partial charge in [0, 0.05) is 38.4 Å². The molecule has 2 atom stereocenters. The molecule has 0 aromatic carbocycles. The Morgan fingerprint density at radius 3 is 2.81 bits per heavy atom. The second kappa shape index (κ2) is 10.6. The highest BCUT2D eigenvalue weighted by molar-refractivity contribution is 7.80. The summed E-state index contributed by atoms with van der Waals surface area (Å²) >= 11 is 5.74. The van der Waals surface area contributed by atoms with Crippen LogP contribution in [0, 0.1) is 5.92 Å². The van der Waals surface area contributed by atoms with Crippen LogP contribution in [-0.2, 0) is 16.6 Å². The molecule has 0 aliphatic carbocycles. The van der Waals surface area contributed by atoms with Crippen molar-refractivity contribution in [2.75, 3.05) is 20.2 Å². The zero-order chi connectivity index (χ0) is 18.9. The third-order valence-electron chi connectivity index (χ3n) is 5.32. The first-order valence-corrected chi connectivity index (χ1v) is 10.2. The molecule has 1 aliphatic rings. The van der Waals surface area contributed by atoms with Crippen LogP contribution in [0.4, 0.5) is 0 Å². The highest BCUT2D eigenvalue weighted by Crippen LogP contribution is 2.32. The molecule has 0 saturated carbocycles. The maximum Gasteiger partial charge on any atom is 0.305 e. The lowest BCUT2D eigenvalue weighted by atomic mass is 10.0. The normalized spacial score (nSPS) is 20.5. The molecule has 1 fully saturated rings. The number of ether oxygens (including phenoxy) is 1. The van der Waals surface area contributed by atoms with Gasteiger partial charge in [0.2, 0.25) is 0 Å². The first-order valence-electron chi connectivity index (χ1n) is 9.75. The number of nitrogens with one attached hydrogen (secondary N) is 1. The van der Waals surface area contributed by atoms with Crippen molar-refractivity contribution in [1.82, 2.24) is 14.8 Å². The topological polar surface area (TPSA) is 46.5 Å². The van der Waals surface area contributed by atoms with Gasteiger partial charge in [-0.2, -0.15) is 0 Å². The van der Waals surface area contributed by atoms with Crippen LogP contribution in [0.5, 0.6) is 0 Å². The Morgan fingerprint density at radius 1 is 1.31 bits per heavy atom. The summed E-state index contributed by atoms with van der Waals surface area (Å²) in [5, 5.41) is 4.30. The molecule has 1 N–H and O–H groups in total. The van der Waals surface area contributed by atoms with Gasteiger partial charge in [-0.3, -0.25) is 4.79 Å². The smallest absolute Gasteiger partial charge is 0.305 e. The summed E-state index contributed by atoms with van der Waals surface area (Å²) in [5.41, 5.74) is 1.33. The van der Waals surface area contributed by atoms with Crippen LogP contribution < -0.4 is 5.32 Å². The van der Waals surface area contributed by atoms with E-state index >= 15 is 0 Å². The van der Waals surface area contributed by atoms with E-state index in [0.717, 1.165) is 49.8 Å². The molecule has 5 nitrogen and oxygen atoms in total. The van der Waals surface area contributed by atoms with Crippen LogP contribution in [0.1, 0.15) is 63.6 Å². The van der Waals surface area contributed by atoms with Crippen molar-refractivity contribution in [3.05, 3.63) is 24.0 Å². The van der Waals surface area contributed by atoms with Crippen molar-refractivity contribution in [3.63, 3.8) is 0 Å². The summed E-state index contributed by atoms with van der Waals surface area (Å²) in [6.07, 6.45) is 9.05. The Kier molecular flexibility index (Phi) is 8.42. The summed E-state index contributed by atoms with van der Waals surface area (Å²) in [4.78, 5) is 13.5. The van der Waals surface area contributed by atoms with Crippen LogP contribution in [0.2, 0.25) is 0 Å². The molecule has 26 heavy (non-hydrogen) atoms. The minimum Gasteiger partial charge on any atom is -0.469 e. The van der Waals surface area contributed by atoms with Gasteiger partial charge in [0.15, 0.2) is 5.11 Å². The minimum atomic E-state index is -0.127. The van der Waals surface area contributed by atoms with Gasteiger partial charge in [0.1, 0.15) is 0 Å². The van der Waals surface area contributed by atoms with Crippen molar-refractivity contribution < 1.29 is 9.53 Å². The maximum atomic E-state index is 11.1. The molecular weight excluding hydrogens is 346 g/mol. The molecular formula is C20H33N3O2S. The van der Waals surface area contributed by atoms with Gasteiger partial charge >= 0.3 is 5.97 Å². The van der Waals surface area contributed by atoms with E-state index in [1.807, 2.05) is 0 Å². The summed E-state index contributed by atoms with van der Waals surface area (Å²) < 4.78 is 6.88. The maximum absolute atomic E-state index is 11.1. The average molecular weight is 380 g/mol. The quantitative estimate of drug-likeness (QED) is 0.444. The molecule has 0 radical (unpaired) electrons. The Morgan fingerprint density at radius 2 is 2.12 bits per heavy atom. The van der Waals surface area contributed by atoms with Crippen molar-refractivity contribution in [3.8, 4) is 0 Å². The van der Waals surface area contributed by atoms with Gasteiger partial charge in [-0.25, -0.2) is 0 Å². The number of carbonyl (C=O) groups is 1. The molecule has 2 rings (SSSR count). The number of rotatable bonds is 7. The standard InChI is InChI=1S/C20H33N3O2S/c1-16-10-11-18(17-8-7-14-22(17)2)23(15-12-16)20(26)21-13-6-4-5-9-19(24)25-3/h7-8,14,16,18H,4-6,9-13,15H2,1-3H3,(H,21,26)/t16-,18-/m1/s1. The molecule has 1 aromatic heterocycles. The lowest BCUT2D eigenvalue weighted by molar-refractivity contribution is -0.140. The van der Waals surface area contributed by atoms with E-state index in [9.17, 15) is 4.79 Å². The number of carbonyl (C=O) groups excluding carboxylic acids is 1. The van der Waals surface area contributed by atoms with Crippen LogP contribution >= 0.6 is 12.2 Å². The fourth-order valence-electron chi connectivity index (χ4n) is 3.60. The molecule has 2 heterocycles. The van der Waals surface area contributed by atoms with Gasteiger partial charge < -0.3 is 19.5 Å². The van der Waals surface area contributed by atoms with Crippen molar-refractivity contribution in [2.45, 2.75) is 57.9 Å². The molecule has 0 bridgehead atoms. The van der Waals surface area contributed by atoms with Crippen molar-refractivity contribution in [2.24, 2.45) is 13.0 Å². The molecule has 0 amide bonds. The monoisotopic (exact) mass is 379 g/mol. The predicted molar refractivity (Wildman–Crippen MR) is 109 cm³/mol. The zero-order valence-electron chi connectivity index (χ0n) is 16.4. The second-order valence-electron chi connectivity index (χ2n) is 7.34. The zero-order valence-corrected chi connectivity index (χ0v) is 17.2. The highest BCUT2D eigenvalue weighted by atomic mass is 32.1. The van der Waals surface area contributed by atoms with Crippen molar-refractivity contribution >= 4 is 23.3 Å². The predicted octanol–water partition coefficient (Wildman–Crippen LogP) is 3.80. The molecule has 6 heteroatoms. The van der Waals surface area contributed by atoms with Gasteiger partial charge in [-0.15, -0.1) is 0 Å². The number of hydrogen-bond acceptors (Lipinski definition) is 3. The number of esters is 1. The lowest BCUT2D eigenvalue weighted by Gasteiger charge is -2.33. The fraction of sp³-hybridized carbons (Fsp3) is 0.700. The van der Waals surface area contributed by atoms with Gasteiger partial charge in [-0.1, -0.05) is 13.3 Å². The number of aromatic nitrogens is 1. The van der Waals surface area contributed by atoms with Crippen LogP contribution in [-0.4, -0.2) is 40.7 Å². The van der Waals surface area contributed by atoms with Crippen LogP contribution in [0.25, 0.3) is 0 Å². The summed E-state index contributed by atoms with van der Waals surface area (Å²) in [7, 11) is 3.55. The van der Waals surface area contributed by atoms with E-state index in [4.69, 9.17) is 12.2 Å². The second-order valence-corrected chi connectivity index (χ2v) is 7.73. The number of unbranched alkanes of at least 4 members (excludes halogenated alkanes) is 2. The largest absolute Gasteiger partial charge is 0.469 e. The number of nitrogens with zero attached hydrogens (tertiary/aromatic N) is 2. The first kappa shape index (κ1) is 20.7. The Labute approximate surface area is 163 Å². The third kappa shape index (κ3) is 6.01. The van der Waals surface area contributed by atoms with Gasteiger partial charge in [0.25, 0.3) is 0 Å². The molecule has 0 spiro atoms. The minimum absolute atomic E-state index is 0.127. The van der Waals surface area contributed by atoms with Crippen LogP contribution in [0.3, 0.4) is 0 Å². The van der Waals surface area contributed by atoms with E-state index in [2.05, 4.69) is 51.8 Å². The number of likely N-dealkylation sites (tertiary alicyclic amines) is 1. The van der Waals surface area contributed by atoms with E-state index < -0.39 is 0 Å². The van der Waals surface area contributed by atoms with Gasteiger partial charge in [-0.05, 0) is 62.4 Å². The first-order chi connectivity index (χ1) is 12.5. The van der Waals surface area contributed by atoms with E-state index in [-0.39, 0.29) is 5.97 Å². The lowest BCUT2D eigenvalue weighted by Crippen LogP contribution is -2.42. The van der Waals surface area contributed by atoms with E-state index in [1.54, 1.807) is 0 Å². The number of aryl methyl sites for hydroxylation is 1.